The van der Waals surface area contributed by atoms with Crippen LogP contribution in [0.15, 0.2) is 18.2 Å². The van der Waals surface area contributed by atoms with Gasteiger partial charge in [-0.15, -0.1) is 0 Å². The molecule has 2 unspecified atom stereocenters. The number of halogens is 1. The molecule has 1 aromatic heterocycles. The van der Waals surface area contributed by atoms with Crippen molar-refractivity contribution >= 4 is 22.6 Å². The number of fused-ring (bicyclic) bond motifs is 3. The lowest BCUT2D eigenvalue weighted by Crippen LogP contribution is -2.38. The molecule has 0 amide bonds. The van der Waals surface area contributed by atoms with E-state index in [4.69, 9.17) is 16.6 Å². The Bertz CT molecular complexity index is 651. The van der Waals surface area contributed by atoms with Crippen LogP contribution in [0, 0.1) is 5.92 Å². The van der Waals surface area contributed by atoms with Gasteiger partial charge in [0.25, 0.3) is 0 Å². The van der Waals surface area contributed by atoms with E-state index in [-0.39, 0.29) is 0 Å². The van der Waals surface area contributed by atoms with E-state index >= 15 is 0 Å². The van der Waals surface area contributed by atoms with Crippen molar-refractivity contribution in [3.63, 3.8) is 0 Å². The van der Waals surface area contributed by atoms with Crippen LogP contribution < -0.4 is 5.32 Å². The molecule has 4 rings (SSSR count). The predicted octanol–water partition coefficient (Wildman–Crippen LogP) is 3.78. The molecule has 3 nitrogen and oxygen atoms in total. The van der Waals surface area contributed by atoms with Crippen LogP contribution in [-0.2, 0) is 13.0 Å². The summed E-state index contributed by atoms with van der Waals surface area (Å²) < 4.78 is 2.36. The number of piperidine rings is 1. The zero-order valence-electron chi connectivity index (χ0n) is 12.5. The second-order valence-electron chi connectivity index (χ2n) is 6.58. The highest BCUT2D eigenvalue weighted by Gasteiger charge is 2.33. The van der Waals surface area contributed by atoms with Crippen LogP contribution in [0.25, 0.3) is 11.0 Å². The van der Waals surface area contributed by atoms with E-state index in [1.54, 1.807) is 0 Å². The maximum Gasteiger partial charge on any atom is 0.110 e. The summed E-state index contributed by atoms with van der Waals surface area (Å²) in [4.78, 5) is 4.87. The number of aryl methyl sites for hydroxylation is 1. The number of nitrogens with one attached hydrogen (secondary N) is 1. The minimum absolute atomic E-state index is 0.752. The van der Waals surface area contributed by atoms with Gasteiger partial charge in [-0.25, -0.2) is 4.98 Å². The first-order valence-electron chi connectivity index (χ1n) is 8.13. The predicted molar refractivity (Wildman–Crippen MR) is 86.8 cm³/mol. The minimum atomic E-state index is 0.752. The molecule has 1 N–H and O–H groups in total. The van der Waals surface area contributed by atoms with Crippen molar-refractivity contribution in [2.75, 3.05) is 0 Å². The van der Waals surface area contributed by atoms with Crippen molar-refractivity contribution in [3.8, 4) is 0 Å². The molecule has 2 aliphatic heterocycles. The monoisotopic (exact) mass is 303 g/mol. The molecule has 2 aliphatic rings. The molecule has 2 fully saturated rings. The van der Waals surface area contributed by atoms with E-state index in [9.17, 15) is 0 Å². The SMILES string of the molecule is CCn1c(CC2CC3CCC(C2)N3)nc2cc(Cl)ccc21. The van der Waals surface area contributed by atoms with E-state index < -0.39 is 0 Å². The number of hydrogen-bond acceptors (Lipinski definition) is 2. The van der Waals surface area contributed by atoms with Crippen LogP contribution in [0.3, 0.4) is 0 Å². The quantitative estimate of drug-likeness (QED) is 0.935. The lowest BCUT2D eigenvalue weighted by atomic mass is 9.89. The van der Waals surface area contributed by atoms with Crippen molar-refractivity contribution in [3.05, 3.63) is 29.0 Å². The second-order valence-corrected chi connectivity index (χ2v) is 7.02. The number of rotatable bonds is 3. The molecular formula is C17H22ClN3. The van der Waals surface area contributed by atoms with Gasteiger partial charge in [-0.05, 0) is 56.7 Å². The molecule has 112 valence electrons. The standard InChI is InChI=1S/C17H22ClN3/c1-2-21-16-6-3-12(18)10-15(16)20-17(21)9-11-7-13-4-5-14(8-11)19-13/h3,6,10-11,13-14,19H,2,4-5,7-9H2,1H3. The second kappa shape index (κ2) is 5.29. The van der Waals surface area contributed by atoms with Gasteiger partial charge in [0.15, 0.2) is 0 Å². The van der Waals surface area contributed by atoms with Crippen molar-refractivity contribution in [1.82, 2.24) is 14.9 Å². The van der Waals surface area contributed by atoms with Crippen molar-refractivity contribution in [2.24, 2.45) is 5.92 Å². The number of imidazole rings is 1. The van der Waals surface area contributed by atoms with Crippen LogP contribution in [0.4, 0.5) is 0 Å². The molecule has 2 atom stereocenters. The molecule has 0 spiro atoms. The highest BCUT2D eigenvalue weighted by molar-refractivity contribution is 6.31. The number of hydrogen-bond donors (Lipinski definition) is 1. The van der Waals surface area contributed by atoms with Gasteiger partial charge in [-0.1, -0.05) is 11.6 Å². The van der Waals surface area contributed by atoms with Crippen LogP contribution in [0.2, 0.25) is 5.02 Å². The first-order valence-corrected chi connectivity index (χ1v) is 8.51. The Balaban J connectivity index is 1.63. The van der Waals surface area contributed by atoms with Gasteiger partial charge in [-0.2, -0.15) is 0 Å². The normalized spacial score (nSPS) is 28.4. The molecule has 2 aromatic rings. The Labute approximate surface area is 130 Å². The zero-order chi connectivity index (χ0) is 14.4. The number of aromatic nitrogens is 2. The summed E-state index contributed by atoms with van der Waals surface area (Å²) in [5.41, 5.74) is 2.25. The van der Waals surface area contributed by atoms with Crippen molar-refractivity contribution < 1.29 is 0 Å². The molecule has 0 radical (unpaired) electrons. The van der Waals surface area contributed by atoms with E-state index in [1.807, 2.05) is 12.1 Å². The molecular weight excluding hydrogens is 282 g/mol. The van der Waals surface area contributed by atoms with Gasteiger partial charge < -0.3 is 9.88 Å². The molecule has 3 heterocycles. The van der Waals surface area contributed by atoms with Crippen molar-refractivity contribution in [1.29, 1.82) is 0 Å². The van der Waals surface area contributed by atoms with Gasteiger partial charge in [-0.3, -0.25) is 0 Å². The summed E-state index contributed by atoms with van der Waals surface area (Å²) in [6, 6.07) is 7.56. The Hall–Kier alpha value is -1.06. The third-order valence-electron chi connectivity index (χ3n) is 5.15. The zero-order valence-corrected chi connectivity index (χ0v) is 13.2. The Morgan fingerprint density at radius 3 is 2.76 bits per heavy atom. The first-order chi connectivity index (χ1) is 10.2. The van der Waals surface area contributed by atoms with Gasteiger partial charge in [0, 0.05) is 30.1 Å². The van der Waals surface area contributed by atoms with Gasteiger partial charge in [0.2, 0.25) is 0 Å². The first kappa shape index (κ1) is 13.6. The highest BCUT2D eigenvalue weighted by Crippen LogP contribution is 2.33. The summed E-state index contributed by atoms with van der Waals surface area (Å²) in [6.45, 7) is 3.18. The van der Waals surface area contributed by atoms with Crippen molar-refractivity contribution in [2.45, 2.75) is 57.7 Å². The maximum absolute atomic E-state index is 6.10. The lowest BCUT2D eigenvalue weighted by molar-refractivity contribution is 0.293. The summed E-state index contributed by atoms with van der Waals surface area (Å²) in [5, 5.41) is 4.50. The highest BCUT2D eigenvalue weighted by atomic mass is 35.5. The fourth-order valence-electron chi connectivity index (χ4n) is 4.26. The molecule has 21 heavy (non-hydrogen) atoms. The summed E-state index contributed by atoms with van der Waals surface area (Å²) in [7, 11) is 0. The summed E-state index contributed by atoms with van der Waals surface area (Å²) >= 11 is 6.10. The number of benzene rings is 1. The summed E-state index contributed by atoms with van der Waals surface area (Å²) in [6.07, 6.45) is 6.45. The Morgan fingerprint density at radius 2 is 2.05 bits per heavy atom. The van der Waals surface area contributed by atoms with Crippen LogP contribution >= 0.6 is 11.6 Å². The average Bonchev–Trinajstić information content (AvgIpc) is 2.97. The van der Waals surface area contributed by atoms with E-state index in [1.165, 1.54) is 37.0 Å². The van der Waals surface area contributed by atoms with Crippen LogP contribution in [-0.4, -0.2) is 21.6 Å². The molecule has 4 heteroatoms. The lowest BCUT2D eigenvalue weighted by Gasteiger charge is -2.29. The van der Waals surface area contributed by atoms with Crippen LogP contribution in [0.1, 0.15) is 38.4 Å². The fourth-order valence-corrected chi connectivity index (χ4v) is 4.43. The number of nitrogens with zero attached hydrogens (tertiary/aromatic N) is 2. The average molecular weight is 304 g/mol. The Kier molecular flexibility index (Phi) is 3.43. The van der Waals surface area contributed by atoms with Gasteiger partial charge in [0.1, 0.15) is 5.82 Å². The van der Waals surface area contributed by atoms with E-state index in [0.717, 1.165) is 41.5 Å². The molecule has 0 aliphatic carbocycles. The molecule has 2 bridgehead atoms. The minimum Gasteiger partial charge on any atom is -0.328 e. The third-order valence-corrected chi connectivity index (χ3v) is 5.38. The smallest absolute Gasteiger partial charge is 0.110 e. The van der Waals surface area contributed by atoms with E-state index in [2.05, 4.69) is 22.9 Å². The largest absolute Gasteiger partial charge is 0.328 e. The topological polar surface area (TPSA) is 29.9 Å². The Morgan fingerprint density at radius 1 is 1.29 bits per heavy atom. The van der Waals surface area contributed by atoms with Gasteiger partial charge >= 0.3 is 0 Å². The fraction of sp³-hybridized carbons (Fsp3) is 0.588. The maximum atomic E-state index is 6.10. The molecule has 0 saturated carbocycles. The molecule has 1 aromatic carbocycles. The van der Waals surface area contributed by atoms with E-state index in [0.29, 0.717) is 0 Å². The third kappa shape index (κ3) is 2.47. The summed E-state index contributed by atoms with van der Waals surface area (Å²) in [5.74, 6) is 2.02. The van der Waals surface area contributed by atoms with Gasteiger partial charge in [0.05, 0.1) is 11.0 Å². The molecule has 2 saturated heterocycles. The van der Waals surface area contributed by atoms with Crippen LogP contribution in [0.5, 0.6) is 0 Å².